The molecule has 112 valence electrons. The lowest BCUT2D eigenvalue weighted by Crippen LogP contribution is -2.12. The van der Waals surface area contributed by atoms with Crippen LogP contribution >= 0.6 is 11.6 Å². The molecule has 20 heavy (non-hydrogen) atoms. The number of nitrogens with one attached hydrogen (secondary N) is 1. The fourth-order valence-corrected chi connectivity index (χ4v) is 1.91. The van der Waals surface area contributed by atoms with E-state index in [4.69, 9.17) is 21.1 Å². The normalized spacial score (nSPS) is 10.2. The van der Waals surface area contributed by atoms with Crippen LogP contribution in [0.15, 0.2) is 12.1 Å². The van der Waals surface area contributed by atoms with Gasteiger partial charge in [-0.1, -0.05) is 18.5 Å². The summed E-state index contributed by atoms with van der Waals surface area (Å²) in [6.45, 7) is 3.80. The van der Waals surface area contributed by atoms with Gasteiger partial charge >= 0.3 is 5.97 Å². The monoisotopic (exact) mass is 301 g/mol. The molecule has 1 rings (SSSR count). The number of hydrogen-bond acceptors (Lipinski definition) is 5. The molecule has 0 bridgehead atoms. The van der Waals surface area contributed by atoms with Gasteiger partial charge in [0.2, 0.25) is 0 Å². The Morgan fingerprint density at radius 3 is 2.70 bits per heavy atom. The molecule has 1 aromatic carbocycles. The number of rotatable bonds is 8. The SMILES string of the molecule is CCNCc1cc(Cl)c(OCCC(=O)OC)c(OC)c1. The topological polar surface area (TPSA) is 56.8 Å². The fourth-order valence-electron chi connectivity index (χ4n) is 1.62. The van der Waals surface area contributed by atoms with Crippen molar-refractivity contribution in [1.29, 1.82) is 0 Å². The molecule has 5 nitrogen and oxygen atoms in total. The summed E-state index contributed by atoms with van der Waals surface area (Å²) in [5.41, 5.74) is 1.01. The Labute approximate surface area is 124 Å². The summed E-state index contributed by atoms with van der Waals surface area (Å²) >= 11 is 6.19. The summed E-state index contributed by atoms with van der Waals surface area (Å²) in [7, 11) is 2.89. The number of benzene rings is 1. The Kier molecular flexibility index (Phi) is 7.18. The van der Waals surface area contributed by atoms with E-state index in [2.05, 4.69) is 10.1 Å². The van der Waals surface area contributed by atoms with Crippen LogP contribution < -0.4 is 14.8 Å². The maximum Gasteiger partial charge on any atom is 0.308 e. The summed E-state index contributed by atoms with van der Waals surface area (Å²) in [4.78, 5) is 11.0. The van der Waals surface area contributed by atoms with E-state index in [-0.39, 0.29) is 19.0 Å². The number of halogens is 1. The van der Waals surface area contributed by atoms with E-state index >= 15 is 0 Å². The summed E-state index contributed by atoms with van der Waals surface area (Å²) in [5, 5.41) is 3.67. The summed E-state index contributed by atoms with van der Waals surface area (Å²) in [5.74, 6) is 0.664. The van der Waals surface area contributed by atoms with Crippen molar-refractivity contribution in [2.75, 3.05) is 27.4 Å². The van der Waals surface area contributed by atoms with Gasteiger partial charge in [-0.05, 0) is 24.2 Å². The molecule has 0 aliphatic carbocycles. The minimum Gasteiger partial charge on any atom is -0.493 e. The van der Waals surface area contributed by atoms with E-state index in [1.165, 1.54) is 7.11 Å². The summed E-state index contributed by atoms with van der Waals surface area (Å²) in [6.07, 6.45) is 0.162. The van der Waals surface area contributed by atoms with Gasteiger partial charge in [0.15, 0.2) is 11.5 Å². The molecule has 6 heteroatoms. The molecule has 0 radical (unpaired) electrons. The van der Waals surface area contributed by atoms with E-state index in [1.54, 1.807) is 7.11 Å². The largest absolute Gasteiger partial charge is 0.493 e. The van der Waals surface area contributed by atoms with Crippen LogP contribution in [0, 0.1) is 0 Å². The highest BCUT2D eigenvalue weighted by Crippen LogP contribution is 2.36. The molecular weight excluding hydrogens is 282 g/mol. The van der Waals surface area contributed by atoms with E-state index in [1.807, 2.05) is 19.1 Å². The average molecular weight is 302 g/mol. The third-order valence-electron chi connectivity index (χ3n) is 2.65. The highest BCUT2D eigenvalue weighted by molar-refractivity contribution is 6.32. The van der Waals surface area contributed by atoms with Gasteiger partial charge in [-0.3, -0.25) is 4.79 Å². The van der Waals surface area contributed by atoms with Crippen molar-refractivity contribution in [1.82, 2.24) is 5.32 Å². The first-order valence-corrected chi connectivity index (χ1v) is 6.76. The lowest BCUT2D eigenvalue weighted by molar-refractivity contribution is -0.141. The van der Waals surface area contributed by atoms with Crippen molar-refractivity contribution < 1.29 is 19.0 Å². The zero-order valence-corrected chi connectivity index (χ0v) is 12.8. The molecule has 1 N–H and O–H groups in total. The quantitative estimate of drug-likeness (QED) is 0.747. The van der Waals surface area contributed by atoms with Crippen LogP contribution in [0.5, 0.6) is 11.5 Å². The van der Waals surface area contributed by atoms with Crippen LogP contribution in [0.1, 0.15) is 18.9 Å². The molecule has 0 heterocycles. The van der Waals surface area contributed by atoms with Gasteiger partial charge in [0.1, 0.15) is 0 Å². The number of carbonyl (C=O) groups is 1. The molecule has 0 atom stereocenters. The zero-order chi connectivity index (χ0) is 15.0. The zero-order valence-electron chi connectivity index (χ0n) is 12.0. The van der Waals surface area contributed by atoms with Crippen LogP contribution in [0.3, 0.4) is 0 Å². The Morgan fingerprint density at radius 2 is 2.10 bits per heavy atom. The Balaban J connectivity index is 2.76. The Hall–Kier alpha value is -1.46. The molecule has 0 spiro atoms. The van der Waals surface area contributed by atoms with Crippen molar-refractivity contribution in [3.63, 3.8) is 0 Å². The van der Waals surface area contributed by atoms with Crippen molar-refractivity contribution >= 4 is 17.6 Å². The molecule has 0 aromatic heterocycles. The second kappa shape index (κ2) is 8.66. The smallest absolute Gasteiger partial charge is 0.308 e. The molecule has 0 aliphatic heterocycles. The molecule has 1 aromatic rings. The van der Waals surface area contributed by atoms with Gasteiger partial charge in [-0.15, -0.1) is 0 Å². The van der Waals surface area contributed by atoms with Gasteiger partial charge in [-0.25, -0.2) is 0 Å². The number of esters is 1. The standard InChI is InChI=1S/C14H20ClNO4/c1-4-16-9-10-7-11(15)14(12(8-10)18-2)20-6-5-13(17)19-3/h7-8,16H,4-6,9H2,1-3H3. The van der Waals surface area contributed by atoms with Gasteiger partial charge in [0.25, 0.3) is 0 Å². The predicted molar refractivity (Wildman–Crippen MR) is 77.5 cm³/mol. The molecular formula is C14H20ClNO4. The van der Waals surface area contributed by atoms with Gasteiger partial charge in [0.05, 0.1) is 32.3 Å². The molecule has 0 aliphatic rings. The highest BCUT2D eigenvalue weighted by Gasteiger charge is 2.12. The van der Waals surface area contributed by atoms with E-state index in [9.17, 15) is 4.79 Å². The number of ether oxygens (including phenoxy) is 3. The molecule has 0 saturated heterocycles. The van der Waals surface area contributed by atoms with Crippen LogP contribution in [0.2, 0.25) is 5.02 Å². The molecule has 0 unspecified atom stereocenters. The Bertz CT molecular complexity index is 451. The number of carbonyl (C=O) groups excluding carboxylic acids is 1. The lowest BCUT2D eigenvalue weighted by atomic mass is 10.2. The van der Waals surface area contributed by atoms with E-state index in [0.717, 1.165) is 12.1 Å². The lowest BCUT2D eigenvalue weighted by Gasteiger charge is -2.14. The molecule has 0 saturated carbocycles. The van der Waals surface area contributed by atoms with Crippen LogP contribution in [-0.4, -0.2) is 33.3 Å². The van der Waals surface area contributed by atoms with E-state index in [0.29, 0.717) is 23.1 Å². The maximum absolute atomic E-state index is 11.0. The second-order valence-corrected chi connectivity index (χ2v) is 4.47. The highest BCUT2D eigenvalue weighted by atomic mass is 35.5. The van der Waals surface area contributed by atoms with Crippen LogP contribution in [0.4, 0.5) is 0 Å². The van der Waals surface area contributed by atoms with Gasteiger partial charge in [0, 0.05) is 6.54 Å². The first-order chi connectivity index (χ1) is 9.62. The summed E-state index contributed by atoms with van der Waals surface area (Å²) in [6, 6.07) is 3.68. The minimum atomic E-state index is -0.330. The van der Waals surface area contributed by atoms with Crippen LogP contribution in [-0.2, 0) is 16.1 Å². The van der Waals surface area contributed by atoms with Crippen molar-refractivity contribution in [2.24, 2.45) is 0 Å². The van der Waals surface area contributed by atoms with Crippen molar-refractivity contribution in [3.05, 3.63) is 22.7 Å². The first kappa shape index (κ1) is 16.6. The molecule has 0 amide bonds. The van der Waals surface area contributed by atoms with Crippen molar-refractivity contribution in [2.45, 2.75) is 19.9 Å². The average Bonchev–Trinajstić information content (AvgIpc) is 2.46. The second-order valence-electron chi connectivity index (χ2n) is 4.06. The molecule has 0 fully saturated rings. The number of hydrogen-bond donors (Lipinski definition) is 1. The van der Waals surface area contributed by atoms with Crippen LogP contribution in [0.25, 0.3) is 0 Å². The fraction of sp³-hybridized carbons (Fsp3) is 0.500. The number of methoxy groups -OCH3 is 2. The van der Waals surface area contributed by atoms with Gasteiger partial charge in [-0.2, -0.15) is 0 Å². The first-order valence-electron chi connectivity index (χ1n) is 6.39. The minimum absolute atomic E-state index is 0.162. The Morgan fingerprint density at radius 1 is 1.35 bits per heavy atom. The van der Waals surface area contributed by atoms with E-state index < -0.39 is 0 Å². The van der Waals surface area contributed by atoms with Crippen molar-refractivity contribution in [3.8, 4) is 11.5 Å². The third kappa shape index (κ3) is 4.90. The predicted octanol–water partition coefficient (Wildman–Crippen LogP) is 2.40. The third-order valence-corrected chi connectivity index (χ3v) is 2.93. The maximum atomic E-state index is 11.0. The van der Waals surface area contributed by atoms with Gasteiger partial charge < -0.3 is 19.5 Å². The summed E-state index contributed by atoms with van der Waals surface area (Å²) < 4.78 is 15.3.